The zero-order chi connectivity index (χ0) is 18.8. The largest absolute Gasteiger partial charge is 0.496 e. The molecule has 0 radical (unpaired) electrons. The van der Waals surface area contributed by atoms with Crippen LogP contribution in [0.5, 0.6) is 5.75 Å². The number of methoxy groups -OCH3 is 1. The summed E-state index contributed by atoms with van der Waals surface area (Å²) in [5, 5.41) is 5.50. The van der Waals surface area contributed by atoms with Gasteiger partial charge in [0.1, 0.15) is 11.9 Å². The number of esters is 1. The molecule has 3 atom stereocenters. The Hall–Kier alpha value is -2.02. The van der Waals surface area contributed by atoms with E-state index >= 15 is 0 Å². The SMILES string of the molecule is COc1ccc([C@@H]2NC(=O)NC(C)=C2C(=O)O[C@H]2CCC[C@H]2C)cc1Br. The van der Waals surface area contributed by atoms with Crippen LogP contribution in [-0.2, 0) is 9.53 Å². The number of urea groups is 1. The minimum atomic E-state index is -0.574. The molecule has 6 nitrogen and oxygen atoms in total. The summed E-state index contributed by atoms with van der Waals surface area (Å²) in [6.07, 6.45) is 2.96. The Labute approximate surface area is 161 Å². The van der Waals surface area contributed by atoms with Gasteiger partial charge in [0.2, 0.25) is 0 Å². The van der Waals surface area contributed by atoms with Crippen molar-refractivity contribution >= 4 is 27.9 Å². The third-order valence-corrected chi connectivity index (χ3v) is 5.66. The molecule has 0 saturated heterocycles. The van der Waals surface area contributed by atoms with Gasteiger partial charge in [-0.1, -0.05) is 13.0 Å². The first-order valence-corrected chi connectivity index (χ1v) is 9.52. The highest BCUT2D eigenvalue weighted by Crippen LogP contribution is 2.34. The topological polar surface area (TPSA) is 76.7 Å². The van der Waals surface area contributed by atoms with Crippen LogP contribution in [0.15, 0.2) is 33.9 Å². The van der Waals surface area contributed by atoms with E-state index in [1.807, 2.05) is 12.1 Å². The predicted molar refractivity (Wildman–Crippen MR) is 101 cm³/mol. The second kappa shape index (κ2) is 7.70. The van der Waals surface area contributed by atoms with Gasteiger partial charge >= 0.3 is 12.0 Å². The van der Waals surface area contributed by atoms with Gasteiger partial charge in [-0.25, -0.2) is 9.59 Å². The number of benzene rings is 1. The van der Waals surface area contributed by atoms with E-state index in [4.69, 9.17) is 9.47 Å². The number of carbonyl (C=O) groups is 2. The average Bonchev–Trinajstić information content (AvgIpc) is 2.98. The molecule has 1 aliphatic heterocycles. The molecule has 1 fully saturated rings. The number of carbonyl (C=O) groups excluding carboxylic acids is 2. The smallest absolute Gasteiger partial charge is 0.338 e. The Bertz CT molecular complexity index is 762. The fraction of sp³-hybridized carbons (Fsp3) is 0.474. The number of ether oxygens (including phenoxy) is 2. The highest BCUT2D eigenvalue weighted by molar-refractivity contribution is 9.10. The summed E-state index contributed by atoms with van der Waals surface area (Å²) >= 11 is 3.45. The third-order valence-electron chi connectivity index (χ3n) is 5.04. The Morgan fingerprint density at radius 2 is 2.08 bits per heavy atom. The van der Waals surface area contributed by atoms with E-state index in [1.54, 1.807) is 20.1 Å². The first-order valence-electron chi connectivity index (χ1n) is 8.73. The monoisotopic (exact) mass is 422 g/mol. The van der Waals surface area contributed by atoms with Crippen molar-refractivity contribution in [3.8, 4) is 5.75 Å². The lowest BCUT2D eigenvalue weighted by molar-refractivity contribution is -0.146. The highest BCUT2D eigenvalue weighted by atomic mass is 79.9. The van der Waals surface area contributed by atoms with Crippen LogP contribution < -0.4 is 15.4 Å². The van der Waals surface area contributed by atoms with Crippen LogP contribution in [0.1, 0.15) is 44.7 Å². The van der Waals surface area contributed by atoms with E-state index in [1.165, 1.54) is 0 Å². The summed E-state index contributed by atoms with van der Waals surface area (Å²) in [6.45, 7) is 3.82. The molecule has 3 rings (SSSR count). The van der Waals surface area contributed by atoms with Crippen molar-refractivity contribution in [1.82, 2.24) is 10.6 Å². The minimum absolute atomic E-state index is 0.0660. The van der Waals surface area contributed by atoms with Crippen molar-refractivity contribution in [2.24, 2.45) is 5.92 Å². The average molecular weight is 423 g/mol. The molecule has 0 unspecified atom stereocenters. The zero-order valence-corrected chi connectivity index (χ0v) is 16.7. The third kappa shape index (κ3) is 3.72. The number of hydrogen-bond donors (Lipinski definition) is 2. The van der Waals surface area contributed by atoms with Crippen LogP contribution in [0.4, 0.5) is 4.79 Å². The van der Waals surface area contributed by atoms with E-state index in [2.05, 4.69) is 33.5 Å². The van der Waals surface area contributed by atoms with Crippen LogP contribution in [-0.4, -0.2) is 25.2 Å². The van der Waals surface area contributed by atoms with Crippen molar-refractivity contribution in [3.63, 3.8) is 0 Å². The van der Waals surface area contributed by atoms with Gasteiger partial charge in [0.25, 0.3) is 0 Å². The van der Waals surface area contributed by atoms with E-state index in [9.17, 15) is 9.59 Å². The predicted octanol–water partition coefficient (Wildman–Crippen LogP) is 3.82. The molecule has 1 aliphatic carbocycles. The summed E-state index contributed by atoms with van der Waals surface area (Å²) in [5.41, 5.74) is 1.72. The zero-order valence-electron chi connectivity index (χ0n) is 15.1. The van der Waals surface area contributed by atoms with Gasteiger partial charge in [-0.2, -0.15) is 0 Å². The summed E-state index contributed by atoms with van der Waals surface area (Å²) in [4.78, 5) is 24.9. The van der Waals surface area contributed by atoms with Crippen LogP contribution in [0.3, 0.4) is 0 Å². The van der Waals surface area contributed by atoms with Gasteiger partial charge in [0, 0.05) is 5.70 Å². The van der Waals surface area contributed by atoms with Crippen LogP contribution in [0.2, 0.25) is 0 Å². The van der Waals surface area contributed by atoms with Crippen molar-refractivity contribution in [3.05, 3.63) is 39.5 Å². The van der Waals surface area contributed by atoms with Crippen LogP contribution in [0.25, 0.3) is 0 Å². The molecule has 0 aromatic heterocycles. The molecule has 0 bridgehead atoms. The summed E-state index contributed by atoms with van der Waals surface area (Å²) in [5.74, 6) is 0.656. The Morgan fingerprint density at radius 1 is 1.31 bits per heavy atom. The summed E-state index contributed by atoms with van der Waals surface area (Å²) < 4.78 is 11.8. The Balaban J connectivity index is 1.91. The molecule has 2 amide bonds. The number of rotatable bonds is 4. The molecule has 7 heteroatoms. The fourth-order valence-corrected chi connectivity index (χ4v) is 4.12. The first-order chi connectivity index (χ1) is 12.4. The van der Waals surface area contributed by atoms with Crippen LogP contribution >= 0.6 is 15.9 Å². The second-order valence-electron chi connectivity index (χ2n) is 6.82. The molecular weight excluding hydrogens is 400 g/mol. The quantitative estimate of drug-likeness (QED) is 0.722. The number of amides is 2. The molecule has 1 aromatic rings. The lowest BCUT2D eigenvalue weighted by Crippen LogP contribution is -2.45. The molecule has 1 heterocycles. The Morgan fingerprint density at radius 3 is 2.69 bits per heavy atom. The van der Waals surface area contributed by atoms with Crippen molar-refractivity contribution in [2.45, 2.75) is 45.3 Å². The minimum Gasteiger partial charge on any atom is -0.496 e. The number of nitrogens with one attached hydrogen (secondary N) is 2. The van der Waals surface area contributed by atoms with Crippen molar-refractivity contribution in [1.29, 1.82) is 0 Å². The molecule has 0 spiro atoms. The van der Waals surface area contributed by atoms with Gasteiger partial charge in [0.05, 0.1) is 23.2 Å². The number of halogens is 1. The second-order valence-corrected chi connectivity index (χ2v) is 7.67. The highest BCUT2D eigenvalue weighted by Gasteiger charge is 2.35. The molecule has 2 N–H and O–H groups in total. The van der Waals surface area contributed by atoms with Gasteiger partial charge in [-0.05, 0) is 65.7 Å². The summed E-state index contributed by atoms with van der Waals surface area (Å²) in [7, 11) is 1.59. The molecule has 1 saturated carbocycles. The standard InChI is InChI=1S/C19H23BrN2O4/c1-10-5-4-6-14(10)26-18(23)16-11(2)21-19(24)22-17(16)12-7-8-15(25-3)13(20)9-12/h7-10,14,17H,4-6H2,1-3H3,(H2,21,22,24)/t10-,14+,17+/m1/s1. The molecule has 140 valence electrons. The molecule has 26 heavy (non-hydrogen) atoms. The van der Waals surface area contributed by atoms with E-state index in [-0.39, 0.29) is 18.1 Å². The maximum atomic E-state index is 12.9. The maximum absolute atomic E-state index is 12.9. The lowest BCUT2D eigenvalue weighted by atomic mass is 9.95. The normalized spacial score (nSPS) is 25.5. The van der Waals surface area contributed by atoms with Gasteiger partial charge in [-0.15, -0.1) is 0 Å². The lowest BCUT2D eigenvalue weighted by Gasteiger charge is -2.29. The van der Waals surface area contributed by atoms with E-state index in [0.29, 0.717) is 22.9 Å². The maximum Gasteiger partial charge on any atom is 0.338 e. The van der Waals surface area contributed by atoms with Gasteiger partial charge in [-0.3, -0.25) is 0 Å². The van der Waals surface area contributed by atoms with Crippen LogP contribution in [0, 0.1) is 5.92 Å². The Kier molecular flexibility index (Phi) is 5.55. The fourth-order valence-electron chi connectivity index (χ4n) is 3.56. The van der Waals surface area contributed by atoms with Gasteiger partial charge in [0.15, 0.2) is 0 Å². The van der Waals surface area contributed by atoms with Gasteiger partial charge < -0.3 is 20.1 Å². The molecule has 2 aliphatic rings. The first kappa shape index (κ1) is 18.8. The number of allylic oxidation sites excluding steroid dienone is 1. The van der Waals surface area contributed by atoms with E-state index < -0.39 is 6.04 Å². The van der Waals surface area contributed by atoms with Crippen molar-refractivity contribution < 1.29 is 19.1 Å². The van der Waals surface area contributed by atoms with E-state index in [0.717, 1.165) is 29.3 Å². The summed E-state index contributed by atoms with van der Waals surface area (Å²) in [6, 6.07) is 4.55. The number of hydrogen-bond acceptors (Lipinski definition) is 4. The van der Waals surface area contributed by atoms with Crippen molar-refractivity contribution in [2.75, 3.05) is 7.11 Å². The molecular formula is C19H23BrN2O4. The molecule has 1 aromatic carbocycles.